The van der Waals surface area contributed by atoms with Crippen LogP contribution < -0.4 is 10.0 Å². The van der Waals surface area contributed by atoms with Crippen LogP contribution in [0.2, 0.25) is 0 Å². The highest BCUT2D eigenvalue weighted by molar-refractivity contribution is 7.89. The first-order chi connectivity index (χ1) is 9.15. The maximum absolute atomic E-state index is 12.3. The number of benzene rings is 1. The molecule has 0 atom stereocenters. The molecule has 5 heteroatoms. The van der Waals surface area contributed by atoms with E-state index in [2.05, 4.69) is 17.0 Å². The summed E-state index contributed by atoms with van der Waals surface area (Å²) >= 11 is 0. The van der Waals surface area contributed by atoms with E-state index in [1.165, 1.54) is 0 Å². The molecular formula is C14H22N2O2S. The van der Waals surface area contributed by atoms with Crippen LogP contribution in [0.1, 0.15) is 38.2 Å². The van der Waals surface area contributed by atoms with Crippen molar-refractivity contribution in [3.63, 3.8) is 0 Å². The van der Waals surface area contributed by atoms with E-state index < -0.39 is 10.0 Å². The Morgan fingerprint density at radius 3 is 2.95 bits per heavy atom. The van der Waals surface area contributed by atoms with Gasteiger partial charge in [0.1, 0.15) is 0 Å². The van der Waals surface area contributed by atoms with Gasteiger partial charge in [-0.1, -0.05) is 25.8 Å². The van der Waals surface area contributed by atoms with E-state index in [0.717, 1.165) is 49.9 Å². The molecule has 19 heavy (non-hydrogen) atoms. The van der Waals surface area contributed by atoms with Crippen LogP contribution in [0, 0.1) is 0 Å². The second-order valence-corrected chi connectivity index (χ2v) is 6.65. The van der Waals surface area contributed by atoms with Crippen molar-refractivity contribution < 1.29 is 8.42 Å². The SMILES string of the molecule is CCCCCNS(=O)(=O)c1cccc2c1CCCN2. The van der Waals surface area contributed by atoms with Gasteiger partial charge in [0, 0.05) is 18.8 Å². The summed E-state index contributed by atoms with van der Waals surface area (Å²) in [6.45, 7) is 3.54. The first-order valence-corrected chi connectivity index (χ1v) is 8.49. The second kappa shape index (κ2) is 6.39. The Labute approximate surface area is 115 Å². The van der Waals surface area contributed by atoms with Crippen molar-refractivity contribution in [2.24, 2.45) is 0 Å². The highest BCUT2D eigenvalue weighted by Gasteiger charge is 2.21. The first-order valence-electron chi connectivity index (χ1n) is 7.00. The Balaban J connectivity index is 2.16. The number of rotatable bonds is 6. The van der Waals surface area contributed by atoms with Crippen molar-refractivity contribution in [1.29, 1.82) is 0 Å². The van der Waals surface area contributed by atoms with E-state index in [1.54, 1.807) is 12.1 Å². The molecular weight excluding hydrogens is 260 g/mol. The van der Waals surface area contributed by atoms with Gasteiger partial charge in [0.2, 0.25) is 10.0 Å². The van der Waals surface area contributed by atoms with Crippen LogP contribution in [0.25, 0.3) is 0 Å². The summed E-state index contributed by atoms with van der Waals surface area (Å²) in [6, 6.07) is 5.45. The molecule has 0 bridgehead atoms. The van der Waals surface area contributed by atoms with E-state index in [9.17, 15) is 8.42 Å². The summed E-state index contributed by atoms with van der Waals surface area (Å²) in [5.41, 5.74) is 1.89. The van der Waals surface area contributed by atoms with Crippen LogP contribution in [0.5, 0.6) is 0 Å². The van der Waals surface area contributed by atoms with Gasteiger partial charge < -0.3 is 5.32 Å². The molecule has 0 saturated carbocycles. The van der Waals surface area contributed by atoms with Gasteiger partial charge in [-0.3, -0.25) is 0 Å². The zero-order chi connectivity index (χ0) is 13.7. The van der Waals surface area contributed by atoms with Gasteiger partial charge in [-0.2, -0.15) is 0 Å². The van der Waals surface area contributed by atoms with Crippen molar-refractivity contribution >= 4 is 15.7 Å². The molecule has 2 rings (SSSR count). The Kier molecular flexibility index (Phi) is 4.82. The molecule has 0 saturated heterocycles. The third kappa shape index (κ3) is 3.48. The molecule has 4 nitrogen and oxygen atoms in total. The van der Waals surface area contributed by atoms with E-state index in [1.807, 2.05) is 6.07 Å². The third-order valence-electron chi connectivity index (χ3n) is 3.41. The third-order valence-corrected chi connectivity index (χ3v) is 4.96. The Bertz CT molecular complexity index is 526. The van der Waals surface area contributed by atoms with Crippen LogP contribution in [0.3, 0.4) is 0 Å². The number of hydrogen-bond donors (Lipinski definition) is 2. The molecule has 1 heterocycles. The molecule has 1 aliphatic heterocycles. The van der Waals surface area contributed by atoms with Gasteiger partial charge in [0.05, 0.1) is 4.90 Å². The van der Waals surface area contributed by atoms with E-state index >= 15 is 0 Å². The molecule has 2 N–H and O–H groups in total. The van der Waals surface area contributed by atoms with Gasteiger partial charge >= 0.3 is 0 Å². The maximum atomic E-state index is 12.3. The Morgan fingerprint density at radius 1 is 1.32 bits per heavy atom. The van der Waals surface area contributed by atoms with Crippen molar-refractivity contribution in [1.82, 2.24) is 4.72 Å². The van der Waals surface area contributed by atoms with Crippen LogP contribution in [0.4, 0.5) is 5.69 Å². The fraction of sp³-hybridized carbons (Fsp3) is 0.571. The standard InChI is InChI=1S/C14H22N2O2S/c1-2-3-4-11-16-19(17,18)14-9-5-8-13-12(14)7-6-10-15-13/h5,8-9,15-16H,2-4,6-7,10-11H2,1H3. The zero-order valence-corrected chi connectivity index (χ0v) is 12.2. The summed E-state index contributed by atoms with van der Waals surface area (Å²) in [7, 11) is -3.37. The second-order valence-electron chi connectivity index (χ2n) is 4.92. The van der Waals surface area contributed by atoms with Crippen LogP contribution in [0.15, 0.2) is 23.1 Å². The molecule has 106 valence electrons. The average molecular weight is 282 g/mol. The number of nitrogens with one attached hydrogen (secondary N) is 2. The molecule has 0 unspecified atom stereocenters. The average Bonchev–Trinajstić information content (AvgIpc) is 2.43. The van der Waals surface area contributed by atoms with Crippen LogP contribution in [-0.2, 0) is 16.4 Å². The molecule has 1 aromatic carbocycles. The van der Waals surface area contributed by atoms with E-state index in [4.69, 9.17) is 0 Å². The number of anilines is 1. The van der Waals surface area contributed by atoms with Crippen molar-refractivity contribution in [3.05, 3.63) is 23.8 Å². The van der Waals surface area contributed by atoms with Gasteiger partial charge in [-0.15, -0.1) is 0 Å². The quantitative estimate of drug-likeness (QED) is 0.788. The van der Waals surface area contributed by atoms with Gasteiger partial charge in [0.15, 0.2) is 0 Å². The molecule has 0 fully saturated rings. The summed E-state index contributed by atoms with van der Waals surface area (Å²) in [6.07, 6.45) is 4.84. The minimum atomic E-state index is -3.37. The lowest BCUT2D eigenvalue weighted by Gasteiger charge is -2.21. The number of hydrogen-bond acceptors (Lipinski definition) is 3. The fourth-order valence-electron chi connectivity index (χ4n) is 2.39. The highest BCUT2D eigenvalue weighted by Crippen LogP contribution is 2.28. The van der Waals surface area contributed by atoms with Gasteiger partial charge in [0.25, 0.3) is 0 Å². The predicted molar refractivity (Wildman–Crippen MR) is 78.0 cm³/mol. The number of sulfonamides is 1. The largest absolute Gasteiger partial charge is 0.385 e. The monoisotopic (exact) mass is 282 g/mol. The lowest BCUT2D eigenvalue weighted by atomic mass is 10.0. The summed E-state index contributed by atoms with van der Waals surface area (Å²) in [5, 5.41) is 3.26. The molecule has 1 aliphatic rings. The van der Waals surface area contributed by atoms with Crippen molar-refractivity contribution in [2.75, 3.05) is 18.4 Å². The van der Waals surface area contributed by atoms with E-state index in [0.29, 0.717) is 11.4 Å². The topological polar surface area (TPSA) is 58.2 Å². The summed E-state index contributed by atoms with van der Waals surface area (Å²) in [5.74, 6) is 0. The van der Waals surface area contributed by atoms with E-state index in [-0.39, 0.29) is 0 Å². The van der Waals surface area contributed by atoms with Crippen molar-refractivity contribution in [2.45, 2.75) is 43.9 Å². The molecule has 0 spiro atoms. The van der Waals surface area contributed by atoms with Crippen LogP contribution in [-0.4, -0.2) is 21.5 Å². The number of unbranched alkanes of at least 4 members (excludes halogenated alkanes) is 2. The Hall–Kier alpha value is -1.07. The maximum Gasteiger partial charge on any atom is 0.240 e. The zero-order valence-electron chi connectivity index (χ0n) is 11.4. The lowest BCUT2D eigenvalue weighted by Crippen LogP contribution is -2.27. The fourth-order valence-corrected chi connectivity index (χ4v) is 3.75. The summed E-state index contributed by atoms with van der Waals surface area (Å²) < 4.78 is 27.4. The first kappa shape index (κ1) is 14.3. The van der Waals surface area contributed by atoms with Crippen molar-refractivity contribution in [3.8, 4) is 0 Å². The minimum Gasteiger partial charge on any atom is -0.385 e. The Morgan fingerprint density at radius 2 is 2.16 bits per heavy atom. The highest BCUT2D eigenvalue weighted by atomic mass is 32.2. The molecule has 0 aliphatic carbocycles. The van der Waals surface area contributed by atoms with Crippen LogP contribution >= 0.6 is 0 Å². The lowest BCUT2D eigenvalue weighted by molar-refractivity contribution is 0.574. The normalized spacial score (nSPS) is 14.8. The molecule has 0 aromatic heterocycles. The molecule has 1 aromatic rings. The molecule has 0 radical (unpaired) electrons. The minimum absolute atomic E-state index is 0.439. The smallest absolute Gasteiger partial charge is 0.240 e. The van der Waals surface area contributed by atoms with Gasteiger partial charge in [-0.05, 0) is 37.0 Å². The molecule has 0 amide bonds. The summed E-state index contributed by atoms with van der Waals surface area (Å²) in [4.78, 5) is 0.439. The van der Waals surface area contributed by atoms with Gasteiger partial charge in [-0.25, -0.2) is 13.1 Å². The predicted octanol–water partition coefficient (Wildman–Crippen LogP) is 2.51. The number of fused-ring (bicyclic) bond motifs is 1.